The molecule has 3 fully saturated rings. The van der Waals surface area contributed by atoms with Gasteiger partial charge in [-0.2, -0.15) is 0 Å². The normalized spacial score (nSPS) is 42.2. The monoisotopic (exact) mass is 225 g/mol. The van der Waals surface area contributed by atoms with Crippen molar-refractivity contribution in [2.75, 3.05) is 45.8 Å². The van der Waals surface area contributed by atoms with Crippen LogP contribution in [0.25, 0.3) is 0 Å². The van der Waals surface area contributed by atoms with Crippen molar-refractivity contribution in [2.24, 2.45) is 5.73 Å². The van der Waals surface area contributed by atoms with Gasteiger partial charge in [-0.05, 0) is 13.0 Å². The summed E-state index contributed by atoms with van der Waals surface area (Å²) in [7, 11) is 0. The van der Waals surface area contributed by atoms with Gasteiger partial charge in [-0.25, -0.2) is 0 Å². The number of hydrogen-bond acceptors (Lipinski definition) is 5. The number of nitrogens with one attached hydrogen (secondary N) is 2. The maximum atomic E-state index is 6.21. The summed E-state index contributed by atoms with van der Waals surface area (Å²) in [5, 5.41) is 6.94. The van der Waals surface area contributed by atoms with Crippen molar-refractivity contribution in [2.45, 2.75) is 24.7 Å². The lowest BCUT2D eigenvalue weighted by Crippen LogP contribution is -2.63. The average Bonchev–Trinajstić information content (AvgIpc) is 2.76. The molecule has 3 unspecified atom stereocenters. The smallest absolute Gasteiger partial charge is 0.0729 e. The highest BCUT2D eigenvalue weighted by Crippen LogP contribution is 2.18. The fourth-order valence-electron chi connectivity index (χ4n) is 3.30. The van der Waals surface area contributed by atoms with Gasteiger partial charge in [0.2, 0.25) is 0 Å². The van der Waals surface area contributed by atoms with E-state index in [9.17, 15) is 0 Å². The van der Waals surface area contributed by atoms with E-state index in [0.29, 0.717) is 18.2 Å². The maximum Gasteiger partial charge on any atom is 0.0729 e. The van der Waals surface area contributed by atoms with Crippen LogP contribution in [0.2, 0.25) is 0 Å². The van der Waals surface area contributed by atoms with Gasteiger partial charge in [0, 0.05) is 51.4 Å². The van der Waals surface area contributed by atoms with Gasteiger partial charge < -0.3 is 11.1 Å². The van der Waals surface area contributed by atoms with Crippen LogP contribution in [0.5, 0.6) is 0 Å². The Hall–Kier alpha value is -0.200. The first-order valence-electron chi connectivity index (χ1n) is 6.52. The van der Waals surface area contributed by atoms with Crippen molar-refractivity contribution in [3.05, 3.63) is 0 Å². The van der Waals surface area contributed by atoms with Gasteiger partial charge >= 0.3 is 0 Å². The predicted octanol–water partition coefficient (Wildman–Crippen LogP) is -1.78. The maximum absolute atomic E-state index is 6.21. The molecule has 0 aromatic carbocycles. The van der Waals surface area contributed by atoms with Crippen LogP contribution in [0.4, 0.5) is 0 Å². The Labute approximate surface area is 97.3 Å². The van der Waals surface area contributed by atoms with Crippen LogP contribution < -0.4 is 16.4 Å². The zero-order valence-electron chi connectivity index (χ0n) is 9.86. The Kier molecular flexibility index (Phi) is 3.13. The molecule has 16 heavy (non-hydrogen) atoms. The average molecular weight is 225 g/mol. The number of nitrogens with two attached hydrogens (primary N) is 1. The second-order valence-electron chi connectivity index (χ2n) is 5.22. The molecule has 0 aliphatic carbocycles. The molecule has 3 saturated heterocycles. The topological polar surface area (TPSA) is 56.6 Å². The Morgan fingerprint density at radius 1 is 1.06 bits per heavy atom. The van der Waals surface area contributed by atoms with E-state index in [-0.39, 0.29) is 0 Å². The number of hydrogen-bond donors (Lipinski definition) is 3. The van der Waals surface area contributed by atoms with E-state index in [0.717, 1.165) is 26.2 Å². The van der Waals surface area contributed by atoms with E-state index >= 15 is 0 Å². The van der Waals surface area contributed by atoms with E-state index in [1.165, 1.54) is 26.1 Å². The van der Waals surface area contributed by atoms with E-state index < -0.39 is 0 Å². The summed E-state index contributed by atoms with van der Waals surface area (Å²) in [6.45, 7) is 8.01. The highest BCUT2D eigenvalue weighted by molar-refractivity contribution is 4.94. The van der Waals surface area contributed by atoms with Crippen LogP contribution in [0.3, 0.4) is 0 Å². The van der Waals surface area contributed by atoms with Crippen LogP contribution in [0.15, 0.2) is 0 Å². The van der Waals surface area contributed by atoms with Crippen molar-refractivity contribution in [1.29, 1.82) is 0 Å². The van der Waals surface area contributed by atoms with Crippen LogP contribution in [-0.4, -0.2) is 73.9 Å². The molecule has 3 aliphatic heterocycles. The van der Waals surface area contributed by atoms with Crippen LogP contribution in [-0.2, 0) is 0 Å². The van der Waals surface area contributed by atoms with E-state index in [4.69, 9.17) is 5.73 Å². The van der Waals surface area contributed by atoms with Gasteiger partial charge in [-0.3, -0.25) is 15.1 Å². The summed E-state index contributed by atoms with van der Waals surface area (Å²) in [6.07, 6.45) is 1.78. The standard InChI is InChI=1S/C11H23N5/c12-9-7-13-2-1-10(9)16-6-5-15-4-3-14-11(15)8-16/h9-11,13-14H,1-8,12H2. The molecule has 3 aliphatic rings. The van der Waals surface area contributed by atoms with Crippen molar-refractivity contribution in [3.8, 4) is 0 Å². The molecule has 3 heterocycles. The summed E-state index contributed by atoms with van der Waals surface area (Å²) in [5.41, 5.74) is 6.21. The molecule has 0 radical (unpaired) electrons. The first-order valence-corrected chi connectivity index (χ1v) is 6.52. The number of piperidine rings is 1. The first-order chi connectivity index (χ1) is 7.84. The predicted molar refractivity (Wildman–Crippen MR) is 64.2 cm³/mol. The second kappa shape index (κ2) is 4.58. The Morgan fingerprint density at radius 3 is 2.81 bits per heavy atom. The summed E-state index contributed by atoms with van der Waals surface area (Å²) in [4.78, 5) is 5.16. The third kappa shape index (κ3) is 1.98. The zero-order chi connectivity index (χ0) is 11.0. The summed E-state index contributed by atoms with van der Waals surface area (Å²) >= 11 is 0. The van der Waals surface area contributed by atoms with Crippen LogP contribution in [0, 0.1) is 0 Å². The SMILES string of the molecule is NC1CNCCC1N1CCN2CCNC2C1. The van der Waals surface area contributed by atoms with Crippen molar-refractivity contribution in [3.63, 3.8) is 0 Å². The van der Waals surface area contributed by atoms with Gasteiger partial charge in [0.25, 0.3) is 0 Å². The third-order valence-corrected chi connectivity index (χ3v) is 4.26. The molecule has 0 aromatic rings. The fourth-order valence-corrected chi connectivity index (χ4v) is 3.30. The van der Waals surface area contributed by atoms with Crippen LogP contribution in [0.1, 0.15) is 6.42 Å². The molecule has 3 rings (SSSR count). The molecule has 4 N–H and O–H groups in total. The highest BCUT2D eigenvalue weighted by atomic mass is 15.4. The molecule has 0 spiro atoms. The van der Waals surface area contributed by atoms with Gasteiger partial charge in [-0.15, -0.1) is 0 Å². The molecule has 0 amide bonds. The zero-order valence-corrected chi connectivity index (χ0v) is 9.86. The fraction of sp³-hybridized carbons (Fsp3) is 1.00. The number of nitrogens with zero attached hydrogens (tertiary/aromatic N) is 2. The summed E-state index contributed by atoms with van der Waals surface area (Å²) < 4.78 is 0. The molecule has 92 valence electrons. The number of piperazine rings is 1. The number of fused-ring (bicyclic) bond motifs is 1. The first kappa shape index (κ1) is 10.9. The van der Waals surface area contributed by atoms with Crippen LogP contribution >= 0.6 is 0 Å². The lowest BCUT2D eigenvalue weighted by Gasteiger charge is -2.44. The van der Waals surface area contributed by atoms with E-state index in [1.807, 2.05) is 0 Å². The molecule has 5 heteroatoms. The molecule has 3 atom stereocenters. The molecular weight excluding hydrogens is 202 g/mol. The molecule has 0 bridgehead atoms. The molecule has 5 nitrogen and oxygen atoms in total. The minimum atomic E-state index is 0.307. The number of rotatable bonds is 1. The summed E-state index contributed by atoms with van der Waals surface area (Å²) in [6, 6.07) is 0.896. The van der Waals surface area contributed by atoms with Gasteiger partial charge in [0.05, 0.1) is 6.17 Å². The third-order valence-electron chi connectivity index (χ3n) is 4.26. The molecular formula is C11H23N5. The highest BCUT2D eigenvalue weighted by Gasteiger charge is 2.35. The van der Waals surface area contributed by atoms with Gasteiger partial charge in [-0.1, -0.05) is 0 Å². The molecule has 0 aromatic heterocycles. The van der Waals surface area contributed by atoms with Crippen molar-refractivity contribution in [1.82, 2.24) is 20.4 Å². The Balaban J connectivity index is 1.62. The molecule has 0 saturated carbocycles. The minimum Gasteiger partial charge on any atom is -0.325 e. The lowest BCUT2D eigenvalue weighted by molar-refractivity contribution is 0.0465. The quantitative estimate of drug-likeness (QED) is 0.493. The largest absolute Gasteiger partial charge is 0.325 e. The van der Waals surface area contributed by atoms with Gasteiger partial charge in [0.15, 0.2) is 0 Å². The Bertz CT molecular complexity index is 247. The Morgan fingerprint density at radius 2 is 1.94 bits per heavy atom. The lowest BCUT2D eigenvalue weighted by atomic mass is 9.99. The second-order valence-corrected chi connectivity index (χ2v) is 5.22. The van der Waals surface area contributed by atoms with Gasteiger partial charge in [0.1, 0.15) is 0 Å². The minimum absolute atomic E-state index is 0.307. The van der Waals surface area contributed by atoms with Crippen molar-refractivity contribution >= 4 is 0 Å². The van der Waals surface area contributed by atoms with Crippen molar-refractivity contribution < 1.29 is 0 Å². The summed E-state index contributed by atoms with van der Waals surface area (Å²) in [5.74, 6) is 0. The van der Waals surface area contributed by atoms with E-state index in [1.54, 1.807) is 0 Å². The van der Waals surface area contributed by atoms with E-state index in [2.05, 4.69) is 20.4 Å².